The van der Waals surface area contributed by atoms with Crippen molar-refractivity contribution in [3.63, 3.8) is 0 Å². The molecular weight excluding hydrogens is 258 g/mol. The van der Waals surface area contributed by atoms with Gasteiger partial charge in [0.25, 0.3) is 0 Å². The maximum Gasteiger partial charge on any atom is 0.115 e. The summed E-state index contributed by atoms with van der Waals surface area (Å²) in [6.45, 7) is 4.59. The van der Waals surface area contributed by atoms with Gasteiger partial charge in [0.05, 0.1) is 6.10 Å². The van der Waals surface area contributed by atoms with E-state index in [1.54, 1.807) is 24.3 Å². The van der Waals surface area contributed by atoms with Gasteiger partial charge in [-0.2, -0.15) is 0 Å². The van der Waals surface area contributed by atoms with Crippen molar-refractivity contribution < 1.29 is 10.2 Å². The van der Waals surface area contributed by atoms with Crippen LogP contribution in [0.15, 0.2) is 24.3 Å². The minimum atomic E-state index is -0.516. The van der Waals surface area contributed by atoms with Crippen LogP contribution in [0, 0.1) is 0 Å². The van der Waals surface area contributed by atoms with E-state index in [1.807, 2.05) is 13.8 Å². The zero-order valence-corrected chi connectivity index (χ0v) is 10.7. The lowest BCUT2D eigenvalue weighted by Crippen LogP contribution is -2.27. The van der Waals surface area contributed by atoms with E-state index in [0.29, 0.717) is 12.6 Å². The molecule has 1 rings (SSSR count). The Morgan fingerprint density at radius 2 is 1.73 bits per heavy atom. The average molecular weight is 276 g/mol. The summed E-state index contributed by atoms with van der Waals surface area (Å²) in [6.07, 6.45) is -0.516. The Morgan fingerprint density at radius 1 is 1.20 bits per heavy atom. The molecule has 4 heteroatoms. The molecule has 0 bridgehead atoms. The molecule has 1 aromatic rings. The summed E-state index contributed by atoms with van der Waals surface area (Å²) in [6, 6.07) is 6.97. The number of aliphatic hydroxyl groups is 1. The zero-order valence-electron chi connectivity index (χ0n) is 8.97. The van der Waals surface area contributed by atoms with Crippen molar-refractivity contribution >= 4 is 17.0 Å². The number of hydrogen-bond donors (Lipinski definition) is 3. The summed E-state index contributed by atoms with van der Waals surface area (Å²) in [5.41, 5.74) is 0.816. The number of benzene rings is 1. The molecule has 0 fully saturated rings. The topological polar surface area (TPSA) is 52.5 Å². The van der Waals surface area contributed by atoms with Crippen LogP contribution in [0.2, 0.25) is 0 Å². The molecule has 0 saturated carbocycles. The molecule has 0 saturated heterocycles. The highest BCUT2D eigenvalue weighted by atomic mass is 79.9. The molecule has 0 spiro atoms. The Hall–Kier alpha value is -0.580. The fourth-order valence-corrected chi connectivity index (χ4v) is 1.16. The van der Waals surface area contributed by atoms with Crippen molar-refractivity contribution in [2.75, 3.05) is 6.54 Å². The summed E-state index contributed by atoms with van der Waals surface area (Å²) in [5.74, 6) is 0.220. The van der Waals surface area contributed by atoms with Crippen molar-refractivity contribution in [2.24, 2.45) is 0 Å². The van der Waals surface area contributed by atoms with E-state index < -0.39 is 6.10 Å². The van der Waals surface area contributed by atoms with Crippen LogP contribution in [0.4, 0.5) is 0 Å². The molecule has 0 heterocycles. The van der Waals surface area contributed by atoms with Crippen LogP contribution in [0.5, 0.6) is 5.75 Å². The van der Waals surface area contributed by atoms with Crippen LogP contribution in [-0.2, 0) is 0 Å². The number of rotatable bonds is 4. The largest absolute Gasteiger partial charge is 0.508 e. The lowest BCUT2D eigenvalue weighted by molar-refractivity contribution is 0.171. The van der Waals surface area contributed by atoms with Crippen molar-refractivity contribution in [3.8, 4) is 5.75 Å². The zero-order chi connectivity index (χ0) is 10.6. The molecule has 3 nitrogen and oxygen atoms in total. The first-order chi connectivity index (χ1) is 6.59. The van der Waals surface area contributed by atoms with Gasteiger partial charge in [0.2, 0.25) is 0 Å². The average Bonchev–Trinajstić information content (AvgIpc) is 2.15. The van der Waals surface area contributed by atoms with Crippen LogP contribution < -0.4 is 5.32 Å². The van der Waals surface area contributed by atoms with Gasteiger partial charge < -0.3 is 15.5 Å². The van der Waals surface area contributed by atoms with Gasteiger partial charge >= 0.3 is 0 Å². The normalized spacial score (nSPS) is 12.3. The first kappa shape index (κ1) is 14.4. The summed E-state index contributed by atoms with van der Waals surface area (Å²) >= 11 is 0. The second-order valence-corrected chi connectivity index (χ2v) is 3.67. The maximum atomic E-state index is 9.72. The van der Waals surface area contributed by atoms with Crippen LogP contribution >= 0.6 is 17.0 Å². The smallest absolute Gasteiger partial charge is 0.115 e. The first-order valence-corrected chi connectivity index (χ1v) is 4.80. The van der Waals surface area contributed by atoms with Crippen molar-refractivity contribution in [1.82, 2.24) is 5.32 Å². The van der Waals surface area contributed by atoms with E-state index >= 15 is 0 Å². The van der Waals surface area contributed by atoms with Gasteiger partial charge in [0.1, 0.15) is 5.75 Å². The standard InChI is InChI=1S/C11H17NO2.BrH/c1-8(2)12-7-11(14)9-3-5-10(13)6-4-9;/h3-6,8,11-14H,7H2,1-2H3;1H. The predicted octanol–water partition coefficient (Wildman–Crippen LogP) is 2.00. The first-order valence-electron chi connectivity index (χ1n) is 4.80. The Bertz CT molecular complexity index is 274. The third-order valence-electron chi connectivity index (χ3n) is 2.00. The SMILES string of the molecule is Br.CC(C)NCC(O)c1ccc(O)cc1. The van der Waals surface area contributed by atoms with Crippen molar-refractivity contribution in [2.45, 2.75) is 26.0 Å². The second kappa shape index (κ2) is 6.82. The fourth-order valence-electron chi connectivity index (χ4n) is 1.16. The van der Waals surface area contributed by atoms with Gasteiger partial charge in [-0.15, -0.1) is 17.0 Å². The third-order valence-corrected chi connectivity index (χ3v) is 2.00. The molecule has 1 aromatic carbocycles. The molecule has 0 aliphatic heterocycles. The Kier molecular flexibility index (Phi) is 6.56. The molecular formula is C11H18BrNO2. The maximum absolute atomic E-state index is 9.72. The van der Waals surface area contributed by atoms with Crippen molar-refractivity contribution in [3.05, 3.63) is 29.8 Å². The number of nitrogens with one attached hydrogen (secondary N) is 1. The van der Waals surface area contributed by atoms with Gasteiger partial charge in [-0.1, -0.05) is 26.0 Å². The molecule has 0 aliphatic carbocycles. The number of hydrogen-bond acceptors (Lipinski definition) is 3. The molecule has 1 unspecified atom stereocenters. The monoisotopic (exact) mass is 275 g/mol. The quantitative estimate of drug-likeness (QED) is 0.788. The highest BCUT2D eigenvalue weighted by Gasteiger charge is 2.07. The van der Waals surface area contributed by atoms with E-state index in [-0.39, 0.29) is 22.7 Å². The number of phenols is 1. The van der Waals surface area contributed by atoms with Gasteiger partial charge in [0.15, 0.2) is 0 Å². The highest BCUT2D eigenvalue weighted by molar-refractivity contribution is 8.93. The van der Waals surface area contributed by atoms with E-state index in [2.05, 4.69) is 5.32 Å². The lowest BCUT2D eigenvalue weighted by Gasteiger charge is -2.14. The predicted molar refractivity (Wildman–Crippen MR) is 66.5 cm³/mol. The van der Waals surface area contributed by atoms with Gasteiger partial charge in [-0.3, -0.25) is 0 Å². The minimum Gasteiger partial charge on any atom is -0.508 e. The van der Waals surface area contributed by atoms with Crippen LogP contribution in [-0.4, -0.2) is 22.8 Å². The fraction of sp³-hybridized carbons (Fsp3) is 0.455. The molecule has 1 atom stereocenters. The van der Waals surface area contributed by atoms with Crippen LogP contribution in [0.25, 0.3) is 0 Å². The Labute approximate surface area is 101 Å². The van der Waals surface area contributed by atoms with E-state index in [0.717, 1.165) is 5.56 Å². The number of aliphatic hydroxyl groups excluding tert-OH is 1. The Balaban J connectivity index is 0.00000196. The van der Waals surface area contributed by atoms with E-state index in [1.165, 1.54) is 0 Å². The van der Waals surface area contributed by atoms with E-state index in [4.69, 9.17) is 5.11 Å². The molecule has 0 radical (unpaired) electrons. The number of halogens is 1. The third kappa shape index (κ3) is 5.16. The van der Waals surface area contributed by atoms with Gasteiger partial charge in [-0.05, 0) is 17.7 Å². The molecule has 0 aliphatic rings. The highest BCUT2D eigenvalue weighted by Crippen LogP contribution is 2.15. The minimum absolute atomic E-state index is 0. The lowest BCUT2D eigenvalue weighted by atomic mass is 10.1. The molecule has 0 amide bonds. The second-order valence-electron chi connectivity index (χ2n) is 3.67. The number of aromatic hydroxyl groups is 1. The van der Waals surface area contributed by atoms with Crippen molar-refractivity contribution in [1.29, 1.82) is 0 Å². The molecule has 0 aromatic heterocycles. The summed E-state index contributed by atoms with van der Waals surface area (Å²) in [5, 5.41) is 21.9. The van der Waals surface area contributed by atoms with E-state index in [9.17, 15) is 5.11 Å². The number of phenolic OH excluding ortho intramolecular Hbond substituents is 1. The van der Waals surface area contributed by atoms with Gasteiger partial charge in [0, 0.05) is 12.6 Å². The van der Waals surface area contributed by atoms with Gasteiger partial charge in [-0.25, -0.2) is 0 Å². The summed E-state index contributed by atoms with van der Waals surface area (Å²) in [7, 11) is 0. The summed E-state index contributed by atoms with van der Waals surface area (Å²) in [4.78, 5) is 0. The Morgan fingerprint density at radius 3 is 2.20 bits per heavy atom. The van der Waals surface area contributed by atoms with Crippen LogP contribution in [0.1, 0.15) is 25.5 Å². The van der Waals surface area contributed by atoms with Crippen LogP contribution in [0.3, 0.4) is 0 Å². The molecule has 3 N–H and O–H groups in total. The molecule has 86 valence electrons. The molecule has 15 heavy (non-hydrogen) atoms. The summed E-state index contributed by atoms with van der Waals surface area (Å²) < 4.78 is 0.